The molecule has 5 heterocycles. The van der Waals surface area contributed by atoms with E-state index in [1.54, 1.807) is 0 Å². The van der Waals surface area contributed by atoms with Crippen molar-refractivity contribution in [2.24, 2.45) is 0 Å². The third-order valence-electron chi connectivity index (χ3n) is 10.7. The van der Waals surface area contributed by atoms with Crippen LogP contribution in [0.1, 0.15) is 0 Å². The number of rotatable bonds is 2. The van der Waals surface area contributed by atoms with E-state index < -0.39 is 0 Å². The van der Waals surface area contributed by atoms with Crippen molar-refractivity contribution >= 4 is 118 Å². The largest absolute Gasteiger partial charge is 0.436 e. The van der Waals surface area contributed by atoms with Crippen LogP contribution in [-0.2, 0) is 0 Å². The van der Waals surface area contributed by atoms with E-state index in [1.165, 1.54) is 73.0 Å². The smallest absolute Gasteiger partial charge is 0.248 e. The molecule has 5 aromatic heterocycles. The SMILES string of the molecule is c1cc2c3c(c1)ccc1c3c3c4c(ccc3n1-c1nc3oc5ccccc5c3nc1-c1ccc3sc5ccccc5c3c1)sc1cccc-2c14. The lowest BCUT2D eigenvalue weighted by atomic mass is 9.95. The van der Waals surface area contributed by atoms with Gasteiger partial charge in [-0.25, -0.2) is 4.98 Å². The van der Waals surface area contributed by atoms with Gasteiger partial charge >= 0.3 is 0 Å². The van der Waals surface area contributed by atoms with Gasteiger partial charge < -0.3 is 4.42 Å². The zero-order valence-electron chi connectivity index (χ0n) is 26.2. The number of nitrogens with zero attached hydrogens (tertiary/aromatic N) is 3. The normalized spacial score (nSPS) is 12.8. The van der Waals surface area contributed by atoms with Crippen LogP contribution >= 0.6 is 22.7 Å². The second-order valence-electron chi connectivity index (χ2n) is 13.3. The van der Waals surface area contributed by atoms with Gasteiger partial charge in [-0.05, 0) is 76.5 Å². The predicted octanol–water partition coefficient (Wildman–Crippen LogP) is 13.0. The minimum Gasteiger partial charge on any atom is -0.436 e. The van der Waals surface area contributed by atoms with Crippen molar-refractivity contribution in [2.45, 2.75) is 0 Å². The van der Waals surface area contributed by atoms with E-state index in [9.17, 15) is 0 Å². The van der Waals surface area contributed by atoms with E-state index >= 15 is 0 Å². The molecule has 1 aliphatic rings. The van der Waals surface area contributed by atoms with Crippen LogP contribution in [0.5, 0.6) is 0 Å². The molecule has 12 aromatic rings. The number of furan rings is 1. The van der Waals surface area contributed by atoms with Crippen molar-refractivity contribution in [1.82, 2.24) is 14.5 Å². The predicted molar refractivity (Wildman–Crippen MR) is 211 cm³/mol. The Balaban J connectivity index is 1.24. The lowest BCUT2D eigenvalue weighted by Crippen LogP contribution is -2.03. The Kier molecular flexibility index (Phi) is 4.62. The van der Waals surface area contributed by atoms with Crippen LogP contribution < -0.4 is 0 Å². The summed E-state index contributed by atoms with van der Waals surface area (Å²) in [6.07, 6.45) is 0. The second kappa shape index (κ2) is 8.93. The van der Waals surface area contributed by atoms with Crippen molar-refractivity contribution in [1.29, 1.82) is 0 Å². The highest BCUT2D eigenvalue weighted by atomic mass is 32.1. The van der Waals surface area contributed by atoms with Gasteiger partial charge in [0.15, 0.2) is 5.82 Å². The number of thiophene rings is 2. The second-order valence-corrected chi connectivity index (χ2v) is 15.4. The van der Waals surface area contributed by atoms with Crippen LogP contribution in [0.3, 0.4) is 0 Å². The van der Waals surface area contributed by atoms with Gasteiger partial charge in [0.25, 0.3) is 0 Å². The summed E-state index contributed by atoms with van der Waals surface area (Å²) in [5.41, 5.74) is 8.80. The van der Waals surface area contributed by atoms with Gasteiger partial charge in [0, 0.05) is 62.1 Å². The average Bonchev–Trinajstić information content (AvgIpc) is 3.89. The van der Waals surface area contributed by atoms with Crippen LogP contribution in [0, 0.1) is 0 Å². The molecule has 0 N–H and O–H groups in total. The minimum absolute atomic E-state index is 0.542. The lowest BCUT2D eigenvalue weighted by molar-refractivity contribution is 0.652. The van der Waals surface area contributed by atoms with Crippen LogP contribution in [0.25, 0.3) is 123 Å². The summed E-state index contributed by atoms with van der Waals surface area (Å²) in [5.74, 6) is 0.770. The zero-order chi connectivity index (χ0) is 32.2. The van der Waals surface area contributed by atoms with Gasteiger partial charge in [-0.2, -0.15) is 4.98 Å². The Morgan fingerprint density at radius 3 is 2.14 bits per heavy atom. The molecule has 0 bridgehead atoms. The molecule has 230 valence electrons. The van der Waals surface area contributed by atoms with Crippen LogP contribution in [0.2, 0.25) is 0 Å². The van der Waals surface area contributed by atoms with Gasteiger partial charge in [0.2, 0.25) is 5.71 Å². The fourth-order valence-corrected chi connectivity index (χ4v) is 10.9. The summed E-state index contributed by atoms with van der Waals surface area (Å²) >= 11 is 3.71. The monoisotopic (exact) mass is 671 g/mol. The van der Waals surface area contributed by atoms with E-state index in [0.29, 0.717) is 5.71 Å². The Bertz CT molecular complexity index is 3510. The summed E-state index contributed by atoms with van der Waals surface area (Å²) in [7, 11) is 0. The number of para-hydroxylation sites is 1. The Labute approximate surface area is 291 Å². The molecule has 0 unspecified atom stereocenters. The first-order valence-electron chi connectivity index (χ1n) is 16.7. The van der Waals surface area contributed by atoms with Crippen LogP contribution in [0.15, 0.2) is 132 Å². The fraction of sp³-hybridized carbons (Fsp3) is 0. The minimum atomic E-state index is 0.542. The standard InChI is InChI=1S/C44H21N3OS2/c1-3-12-31-27(9-1)42-44(48-31)46-43(41(45-42)23-16-19-33-28(21-23)24-8-2-4-13-32(24)49-33)47-29-17-15-22-7-5-10-25-26-11-6-14-34-37(26)40-35(50-34)20-18-30(47)39(40)38(29)36(22)25/h1-21H. The van der Waals surface area contributed by atoms with Crippen molar-refractivity contribution < 1.29 is 4.42 Å². The molecule has 1 aliphatic carbocycles. The maximum atomic E-state index is 6.43. The Morgan fingerprint density at radius 2 is 1.20 bits per heavy atom. The first kappa shape index (κ1) is 25.9. The van der Waals surface area contributed by atoms with Crippen LogP contribution in [0.4, 0.5) is 0 Å². The molecule has 0 saturated heterocycles. The van der Waals surface area contributed by atoms with Gasteiger partial charge in [-0.1, -0.05) is 72.8 Å². The third-order valence-corrected chi connectivity index (χ3v) is 13.0. The molecule has 0 aliphatic heterocycles. The maximum Gasteiger partial charge on any atom is 0.248 e. The quantitative estimate of drug-likeness (QED) is 0.184. The molecule has 0 fully saturated rings. The zero-order valence-corrected chi connectivity index (χ0v) is 27.8. The van der Waals surface area contributed by atoms with E-state index in [4.69, 9.17) is 14.4 Å². The van der Waals surface area contributed by atoms with Crippen molar-refractivity contribution in [3.63, 3.8) is 0 Å². The topological polar surface area (TPSA) is 43.9 Å². The summed E-state index contributed by atoms with van der Waals surface area (Å²) < 4.78 is 13.9. The lowest BCUT2D eigenvalue weighted by Gasteiger charge is -2.14. The highest BCUT2D eigenvalue weighted by molar-refractivity contribution is 7.26. The van der Waals surface area contributed by atoms with Crippen molar-refractivity contribution in [3.8, 4) is 28.2 Å². The summed E-state index contributed by atoms with van der Waals surface area (Å²) in [5, 5.41) is 11.2. The maximum absolute atomic E-state index is 6.43. The van der Waals surface area contributed by atoms with E-state index in [2.05, 4.69) is 114 Å². The van der Waals surface area contributed by atoms with Crippen LogP contribution in [-0.4, -0.2) is 14.5 Å². The molecule has 0 spiro atoms. The van der Waals surface area contributed by atoms with Gasteiger partial charge in [-0.3, -0.25) is 4.57 Å². The van der Waals surface area contributed by atoms with E-state index in [0.717, 1.165) is 44.6 Å². The number of aromatic nitrogens is 3. The highest BCUT2D eigenvalue weighted by Gasteiger charge is 2.28. The van der Waals surface area contributed by atoms with Gasteiger partial charge in [0.05, 0.1) is 11.0 Å². The molecule has 0 atom stereocenters. The molecule has 13 rings (SSSR count). The molecule has 0 saturated carbocycles. The van der Waals surface area contributed by atoms with E-state index in [1.807, 2.05) is 40.9 Å². The molecular formula is C44H21N3OS2. The molecule has 50 heavy (non-hydrogen) atoms. The fourth-order valence-electron chi connectivity index (χ4n) is 8.69. The highest BCUT2D eigenvalue weighted by Crippen LogP contribution is 2.52. The number of fused-ring (bicyclic) bond motifs is 7. The molecule has 0 radical (unpaired) electrons. The first-order valence-corrected chi connectivity index (χ1v) is 18.4. The molecule has 6 heteroatoms. The Morgan fingerprint density at radius 1 is 0.500 bits per heavy atom. The number of hydrogen-bond donors (Lipinski definition) is 0. The number of hydrogen-bond acceptors (Lipinski definition) is 5. The number of benzene rings is 7. The van der Waals surface area contributed by atoms with Gasteiger partial charge in [0.1, 0.15) is 16.8 Å². The summed E-state index contributed by atoms with van der Waals surface area (Å²) in [6.45, 7) is 0. The molecule has 4 nitrogen and oxygen atoms in total. The first-order chi connectivity index (χ1) is 24.8. The van der Waals surface area contributed by atoms with Gasteiger partial charge in [-0.15, -0.1) is 22.7 Å². The summed E-state index contributed by atoms with van der Waals surface area (Å²) in [6, 6.07) is 46.1. The van der Waals surface area contributed by atoms with Crippen molar-refractivity contribution in [3.05, 3.63) is 127 Å². The Hall–Kier alpha value is -6.08. The third kappa shape index (κ3) is 3.08. The van der Waals surface area contributed by atoms with E-state index in [-0.39, 0.29) is 0 Å². The summed E-state index contributed by atoms with van der Waals surface area (Å²) in [4.78, 5) is 10.9. The molecule has 0 amide bonds. The molecular weight excluding hydrogens is 651 g/mol. The molecule has 7 aromatic carbocycles. The van der Waals surface area contributed by atoms with Crippen molar-refractivity contribution in [2.75, 3.05) is 0 Å². The average molecular weight is 672 g/mol.